The topological polar surface area (TPSA) is 63.3 Å². The zero-order valence-electron chi connectivity index (χ0n) is 26.0. The largest absolute Gasteiger partial charge is 0.481 e. The van der Waals surface area contributed by atoms with E-state index in [9.17, 15) is 4.79 Å². The Morgan fingerprint density at radius 1 is 0.316 bits per heavy atom. The van der Waals surface area contributed by atoms with Crippen LogP contribution in [0.2, 0.25) is 0 Å². The number of unbranched alkanes of at least 4 members (excludes halogenated alkanes) is 31. The highest BCUT2D eigenvalue weighted by Crippen LogP contribution is 2.16. The molecule has 0 bridgehead atoms. The SMILES string of the molecule is NCCCCCCCCCCCCCCCCCCCCCCCCCCCCCCCCCCC(=O)O. The van der Waals surface area contributed by atoms with Crippen molar-refractivity contribution < 1.29 is 9.90 Å². The summed E-state index contributed by atoms with van der Waals surface area (Å²) >= 11 is 0. The summed E-state index contributed by atoms with van der Waals surface area (Å²) in [7, 11) is 0. The summed E-state index contributed by atoms with van der Waals surface area (Å²) in [5.41, 5.74) is 5.54. The van der Waals surface area contributed by atoms with Gasteiger partial charge in [-0.25, -0.2) is 0 Å². The van der Waals surface area contributed by atoms with Crippen LogP contribution in [0.4, 0.5) is 0 Å². The maximum atomic E-state index is 10.5. The second-order valence-corrected chi connectivity index (χ2v) is 12.2. The number of carbonyl (C=O) groups is 1. The number of carboxylic acids is 1. The minimum absolute atomic E-state index is 0.345. The highest BCUT2D eigenvalue weighted by Gasteiger charge is 1.98. The molecule has 0 unspecified atom stereocenters. The van der Waals surface area contributed by atoms with E-state index >= 15 is 0 Å². The Kier molecular flexibility index (Phi) is 33.9. The number of hydrogen-bond acceptors (Lipinski definition) is 2. The predicted molar refractivity (Wildman–Crippen MR) is 169 cm³/mol. The molecule has 0 aliphatic rings. The quantitative estimate of drug-likeness (QED) is 0.0802. The third-order valence-electron chi connectivity index (χ3n) is 8.34. The van der Waals surface area contributed by atoms with E-state index in [1.165, 1.54) is 193 Å². The van der Waals surface area contributed by atoms with Crippen molar-refractivity contribution in [3.63, 3.8) is 0 Å². The van der Waals surface area contributed by atoms with Crippen LogP contribution in [-0.4, -0.2) is 17.6 Å². The molecule has 0 aromatic carbocycles. The van der Waals surface area contributed by atoms with Gasteiger partial charge in [-0.2, -0.15) is 0 Å². The maximum absolute atomic E-state index is 10.5. The number of rotatable bonds is 34. The van der Waals surface area contributed by atoms with Crippen molar-refractivity contribution in [3.05, 3.63) is 0 Å². The van der Waals surface area contributed by atoms with Gasteiger partial charge in [0, 0.05) is 6.42 Å². The summed E-state index contributed by atoms with van der Waals surface area (Å²) in [6, 6.07) is 0. The summed E-state index contributed by atoms with van der Waals surface area (Å²) in [4.78, 5) is 10.5. The zero-order chi connectivity index (χ0) is 27.6. The minimum atomic E-state index is -0.649. The first-order valence-electron chi connectivity index (χ1n) is 17.7. The fourth-order valence-electron chi connectivity index (χ4n) is 5.72. The van der Waals surface area contributed by atoms with Crippen LogP contribution in [0.1, 0.15) is 212 Å². The van der Waals surface area contributed by atoms with Crippen LogP contribution in [-0.2, 0) is 4.79 Å². The third-order valence-corrected chi connectivity index (χ3v) is 8.34. The van der Waals surface area contributed by atoms with E-state index in [2.05, 4.69) is 0 Å². The predicted octanol–water partition coefficient (Wildman–Crippen LogP) is 11.9. The Morgan fingerprint density at radius 3 is 0.632 bits per heavy atom. The van der Waals surface area contributed by atoms with Gasteiger partial charge in [-0.1, -0.05) is 193 Å². The molecule has 228 valence electrons. The summed E-state index contributed by atoms with van der Waals surface area (Å²) < 4.78 is 0. The lowest BCUT2D eigenvalue weighted by molar-refractivity contribution is -0.137. The van der Waals surface area contributed by atoms with Gasteiger partial charge in [-0.05, 0) is 19.4 Å². The molecule has 0 fully saturated rings. The second kappa shape index (κ2) is 34.5. The average molecular weight is 538 g/mol. The van der Waals surface area contributed by atoms with Crippen molar-refractivity contribution in [2.75, 3.05) is 6.54 Å². The normalized spacial score (nSPS) is 11.4. The Bertz CT molecular complexity index is 440. The molecule has 0 atom stereocenters. The minimum Gasteiger partial charge on any atom is -0.481 e. The monoisotopic (exact) mass is 538 g/mol. The molecular weight excluding hydrogens is 466 g/mol. The van der Waals surface area contributed by atoms with E-state index < -0.39 is 5.97 Å². The van der Waals surface area contributed by atoms with Crippen LogP contribution in [0.3, 0.4) is 0 Å². The van der Waals surface area contributed by atoms with Gasteiger partial charge in [0.05, 0.1) is 0 Å². The summed E-state index contributed by atoms with van der Waals surface area (Å²) in [5, 5.41) is 8.63. The molecule has 3 heteroatoms. The van der Waals surface area contributed by atoms with Gasteiger partial charge in [0.2, 0.25) is 0 Å². The molecule has 3 N–H and O–H groups in total. The van der Waals surface area contributed by atoms with Gasteiger partial charge in [0.15, 0.2) is 0 Å². The number of aliphatic carboxylic acids is 1. The molecular formula is C35H71NO2. The van der Waals surface area contributed by atoms with Gasteiger partial charge in [0.1, 0.15) is 0 Å². The van der Waals surface area contributed by atoms with E-state index in [0.717, 1.165) is 19.4 Å². The van der Waals surface area contributed by atoms with Crippen molar-refractivity contribution in [2.45, 2.75) is 212 Å². The molecule has 0 heterocycles. The van der Waals surface area contributed by atoms with Crippen LogP contribution in [0, 0.1) is 0 Å². The molecule has 0 spiro atoms. The standard InChI is InChI=1S/C35H71NO2/c36-34-32-30-28-26-24-22-20-18-16-14-12-10-8-6-4-2-1-3-5-7-9-11-13-15-17-19-21-23-25-27-29-31-33-35(37)38/h1-34,36H2,(H,37,38). The maximum Gasteiger partial charge on any atom is 0.303 e. The van der Waals surface area contributed by atoms with Gasteiger partial charge >= 0.3 is 5.97 Å². The van der Waals surface area contributed by atoms with Crippen molar-refractivity contribution in [3.8, 4) is 0 Å². The average Bonchev–Trinajstić information content (AvgIpc) is 2.91. The Labute approximate surface area is 239 Å². The first kappa shape index (κ1) is 37.4. The molecule has 0 aromatic rings. The van der Waals surface area contributed by atoms with E-state index in [4.69, 9.17) is 10.8 Å². The molecule has 0 radical (unpaired) electrons. The Morgan fingerprint density at radius 2 is 0.474 bits per heavy atom. The molecule has 0 amide bonds. The highest BCUT2D eigenvalue weighted by atomic mass is 16.4. The Balaban J connectivity index is 3.02. The molecule has 0 saturated carbocycles. The smallest absolute Gasteiger partial charge is 0.303 e. The van der Waals surface area contributed by atoms with E-state index in [1.807, 2.05) is 0 Å². The molecule has 3 nitrogen and oxygen atoms in total. The summed E-state index contributed by atoms with van der Waals surface area (Å²) in [6.45, 7) is 0.867. The molecule has 0 saturated heterocycles. The van der Waals surface area contributed by atoms with Crippen molar-refractivity contribution in [2.24, 2.45) is 5.73 Å². The van der Waals surface area contributed by atoms with Crippen LogP contribution in [0.15, 0.2) is 0 Å². The van der Waals surface area contributed by atoms with Crippen molar-refractivity contribution in [1.29, 1.82) is 0 Å². The number of carboxylic acid groups (broad SMARTS) is 1. The van der Waals surface area contributed by atoms with Crippen LogP contribution >= 0.6 is 0 Å². The molecule has 38 heavy (non-hydrogen) atoms. The summed E-state index contributed by atoms with van der Waals surface area (Å²) in [5.74, 6) is -0.649. The van der Waals surface area contributed by atoms with Crippen LogP contribution in [0.25, 0.3) is 0 Å². The van der Waals surface area contributed by atoms with Gasteiger partial charge in [0.25, 0.3) is 0 Å². The molecule has 0 aromatic heterocycles. The van der Waals surface area contributed by atoms with Crippen LogP contribution in [0.5, 0.6) is 0 Å². The van der Waals surface area contributed by atoms with Crippen molar-refractivity contribution in [1.82, 2.24) is 0 Å². The van der Waals surface area contributed by atoms with E-state index in [0.29, 0.717) is 6.42 Å². The highest BCUT2D eigenvalue weighted by molar-refractivity contribution is 5.66. The molecule has 0 aliphatic carbocycles. The first-order valence-corrected chi connectivity index (χ1v) is 17.7. The third kappa shape index (κ3) is 35.4. The van der Waals surface area contributed by atoms with Crippen LogP contribution < -0.4 is 5.73 Å². The van der Waals surface area contributed by atoms with Gasteiger partial charge < -0.3 is 10.8 Å². The lowest BCUT2D eigenvalue weighted by Crippen LogP contribution is -1.97. The Hall–Kier alpha value is -0.570. The van der Waals surface area contributed by atoms with Gasteiger partial charge in [-0.3, -0.25) is 4.79 Å². The fourth-order valence-corrected chi connectivity index (χ4v) is 5.72. The lowest BCUT2D eigenvalue weighted by Gasteiger charge is -2.05. The lowest BCUT2D eigenvalue weighted by atomic mass is 10.0. The van der Waals surface area contributed by atoms with E-state index in [-0.39, 0.29) is 0 Å². The first-order chi connectivity index (χ1) is 18.8. The summed E-state index contributed by atoms with van der Waals surface area (Å²) in [6.07, 6.45) is 44.8. The molecule has 0 aliphatic heterocycles. The zero-order valence-corrected chi connectivity index (χ0v) is 26.0. The molecule has 0 rings (SSSR count). The number of nitrogens with two attached hydrogens (primary N) is 1. The van der Waals surface area contributed by atoms with Crippen molar-refractivity contribution >= 4 is 5.97 Å². The van der Waals surface area contributed by atoms with E-state index in [1.54, 1.807) is 0 Å². The second-order valence-electron chi connectivity index (χ2n) is 12.2. The van der Waals surface area contributed by atoms with Gasteiger partial charge in [-0.15, -0.1) is 0 Å². The number of hydrogen-bond donors (Lipinski definition) is 2. The fraction of sp³-hybridized carbons (Fsp3) is 0.971.